The summed E-state index contributed by atoms with van der Waals surface area (Å²) in [7, 11) is 0. The lowest BCUT2D eigenvalue weighted by Gasteiger charge is -2.10. The highest BCUT2D eigenvalue weighted by molar-refractivity contribution is 6.30. The number of nitrogens with one attached hydrogen (secondary N) is 2. The zero-order valence-electron chi connectivity index (χ0n) is 15.9. The first-order valence-corrected chi connectivity index (χ1v) is 9.50. The lowest BCUT2D eigenvalue weighted by Crippen LogP contribution is -2.20. The summed E-state index contributed by atoms with van der Waals surface area (Å²) in [5, 5.41) is 6.22. The smallest absolute Gasteiger partial charge is 0.262 e. The molecule has 148 valence electrons. The van der Waals surface area contributed by atoms with Crippen LogP contribution >= 0.6 is 11.6 Å². The molecular weight excluding hydrogens is 388 g/mol. The van der Waals surface area contributed by atoms with Gasteiger partial charge >= 0.3 is 0 Å². The first-order chi connectivity index (χ1) is 14.0. The number of hydrogen-bond acceptors (Lipinski definition) is 3. The summed E-state index contributed by atoms with van der Waals surface area (Å²) >= 11 is 5.91. The van der Waals surface area contributed by atoms with Crippen molar-refractivity contribution in [1.82, 2.24) is 0 Å². The summed E-state index contributed by atoms with van der Waals surface area (Å²) < 4.78 is 5.53. The predicted octanol–water partition coefficient (Wildman–Crippen LogP) is 4.85. The Balaban J connectivity index is 1.48. The molecule has 3 aromatic rings. The summed E-state index contributed by atoms with van der Waals surface area (Å²) in [4.78, 5) is 24.2. The number of benzene rings is 3. The summed E-state index contributed by atoms with van der Waals surface area (Å²) in [6, 6.07) is 21.7. The summed E-state index contributed by atoms with van der Waals surface area (Å²) in [6.07, 6.45) is 0.306. The quantitative estimate of drug-likeness (QED) is 0.587. The van der Waals surface area contributed by atoms with E-state index in [1.54, 1.807) is 42.5 Å². The third kappa shape index (κ3) is 6.36. The van der Waals surface area contributed by atoms with Crippen molar-refractivity contribution in [3.05, 3.63) is 88.9 Å². The van der Waals surface area contributed by atoms with Crippen molar-refractivity contribution in [2.75, 3.05) is 17.2 Å². The number of anilines is 2. The van der Waals surface area contributed by atoms with E-state index >= 15 is 0 Å². The van der Waals surface area contributed by atoms with E-state index < -0.39 is 0 Å². The van der Waals surface area contributed by atoms with Crippen LogP contribution in [0.4, 0.5) is 11.4 Å². The maximum atomic E-state index is 12.1. The Hall–Kier alpha value is -3.31. The maximum absolute atomic E-state index is 12.1. The van der Waals surface area contributed by atoms with Gasteiger partial charge in [-0.1, -0.05) is 41.9 Å². The minimum Gasteiger partial charge on any atom is -0.483 e. The topological polar surface area (TPSA) is 67.4 Å². The molecule has 0 saturated carbocycles. The number of aryl methyl sites for hydroxylation is 1. The van der Waals surface area contributed by atoms with E-state index in [2.05, 4.69) is 10.6 Å². The minimum absolute atomic E-state index is 0.0975. The molecule has 0 spiro atoms. The molecule has 2 amide bonds. The van der Waals surface area contributed by atoms with Crippen LogP contribution < -0.4 is 15.4 Å². The van der Waals surface area contributed by atoms with E-state index in [-0.39, 0.29) is 18.4 Å². The Bertz CT molecular complexity index is 989. The third-order valence-electron chi connectivity index (χ3n) is 4.16. The molecule has 0 fully saturated rings. The highest BCUT2D eigenvalue weighted by Gasteiger charge is 2.07. The first kappa shape index (κ1) is 20.4. The lowest BCUT2D eigenvalue weighted by atomic mass is 10.1. The SMILES string of the molecule is Cc1cc(Cl)ccc1OCC(=O)Nc1ccc(NC(=O)Cc2ccccc2)cc1. The molecule has 0 heterocycles. The average molecular weight is 409 g/mol. The molecule has 3 aromatic carbocycles. The van der Waals surface area contributed by atoms with E-state index in [9.17, 15) is 9.59 Å². The summed E-state index contributed by atoms with van der Waals surface area (Å²) in [5.74, 6) is 0.237. The molecule has 0 aliphatic carbocycles. The molecular formula is C23H21ClN2O3. The molecule has 2 N–H and O–H groups in total. The van der Waals surface area contributed by atoms with Crippen LogP contribution in [0.5, 0.6) is 5.75 Å². The predicted molar refractivity (Wildman–Crippen MR) is 116 cm³/mol. The average Bonchev–Trinajstić information content (AvgIpc) is 2.69. The van der Waals surface area contributed by atoms with Gasteiger partial charge in [0, 0.05) is 16.4 Å². The number of halogens is 1. The second kappa shape index (κ2) is 9.75. The van der Waals surface area contributed by atoms with Gasteiger partial charge in [0.15, 0.2) is 6.61 Å². The van der Waals surface area contributed by atoms with Crippen LogP contribution in [-0.4, -0.2) is 18.4 Å². The zero-order chi connectivity index (χ0) is 20.6. The molecule has 3 rings (SSSR count). The fourth-order valence-corrected chi connectivity index (χ4v) is 2.97. The highest BCUT2D eigenvalue weighted by atomic mass is 35.5. The van der Waals surface area contributed by atoms with Crippen molar-refractivity contribution >= 4 is 34.8 Å². The van der Waals surface area contributed by atoms with Gasteiger partial charge in [-0.25, -0.2) is 0 Å². The molecule has 0 aliphatic heterocycles. The maximum Gasteiger partial charge on any atom is 0.262 e. The van der Waals surface area contributed by atoms with E-state index in [4.69, 9.17) is 16.3 Å². The molecule has 0 bridgehead atoms. The van der Waals surface area contributed by atoms with Gasteiger partial charge in [-0.05, 0) is 60.5 Å². The van der Waals surface area contributed by atoms with Crippen LogP contribution in [-0.2, 0) is 16.0 Å². The molecule has 0 radical (unpaired) electrons. The highest BCUT2D eigenvalue weighted by Crippen LogP contribution is 2.22. The van der Waals surface area contributed by atoms with Gasteiger partial charge < -0.3 is 15.4 Å². The standard InChI is InChI=1S/C23H21ClN2O3/c1-16-13-18(24)7-12-21(16)29-15-23(28)26-20-10-8-19(9-11-20)25-22(27)14-17-5-3-2-4-6-17/h2-13H,14-15H2,1H3,(H,25,27)(H,26,28). The van der Waals surface area contributed by atoms with Gasteiger partial charge in [0.25, 0.3) is 5.91 Å². The van der Waals surface area contributed by atoms with Crippen LogP contribution in [0.15, 0.2) is 72.8 Å². The Morgan fingerprint density at radius 2 is 1.48 bits per heavy atom. The number of rotatable bonds is 7. The van der Waals surface area contributed by atoms with Crippen LogP contribution in [0.3, 0.4) is 0 Å². The Labute approximate surface area is 174 Å². The Morgan fingerprint density at radius 3 is 2.10 bits per heavy atom. The van der Waals surface area contributed by atoms with Gasteiger partial charge in [0.2, 0.25) is 5.91 Å². The van der Waals surface area contributed by atoms with Crippen molar-refractivity contribution < 1.29 is 14.3 Å². The van der Waals surface area contributed by atoms with Gasteiger partial charge in [0.05, 0.1) is 6.42 Å². The monoisotopic (exact) mass is 408 g/mol. The lowest BCUT2D eigenvalue weighted by molar-refractivity contribution is -0.118. The molecule has 0 aliphatic rings. The molecule has 0 aromatic heterocycles. The Kier molecular flexibility index (Phi) is 6.87. The summed E-state index contributed by atoms with van der Waals surface area (Å²) in [6.45, 7) is 1.75. The van der Waals surface area contributed by atoms with Crippen molar-refractivity contribution in [2.45, 2.75) is 13.3 Å². The fourth-order valence-electron chi connectivity index (χ4n) is 2.74. The van der Waals surface area contributed by atoms with Crippen LogP contribution in [0.25, 0.3) is 0 Å². The largest absolute Gasteiger partial charge is 0.483 e. The van der Waals surface area contributed by atoms with Gasteiger partial charge in [0.1, 0.15) is 5.75 Å². The minimum atomic E-state index is -0.278. The molecule has 0 saturated heterocycles. The van der Waals surface area contributed by atoms with E-state index in [0.29, 0.717) is 28.6 Å². The molecule has 0 unspecified atom stereocenters. The number of carbonyl (C=O) groups excluding carboxylic acids is 2. The van der Waals surface area contributed by atoms with Gasteiger partial charge in [-0.15, -0.1) is 0 Å². The van der Waals surface area contributed by atoms with Gasteiger partial charge in [-0.2, -0.15) is 0 Å². The van der Waals surface area contributed by atoms with Gasteiger partial charge in [-0.3, -0.25) is 9.59 Å². The van der Waals surface area contributed by atoms with Crippen molar-refractivity contribution in [3.8, 4) is 5.75 Å². The van der Waals surface area contributed by atoms with E-state index in [0.717, 1.165) is 11.1 Å². The number of ether oxygens (including phenoxy) is 1. The van der Waals surface area contributed by atoms with E-state index in [1.807, 2.05) is 37.3 Å². The van der Waals surface area contributed by atoms with E-state index in [1.165, 1.54) is 0 Å². The summed E-state index contributed by atoms with van der Waals surface area (Å²) in [5.41, 5.74) is 3.09. The van der Waals surface area contributed by atoms with Crippen molar-refractivity contribution in [3.63, 3.8) is 0 Å². The van der Waals surface area contributed by atoms with Crippen LogP contribution in [0, 0.1) is 6.92 Å². The second-order valence-corrected chi connectivity index (χ2v) is 6.97. The zero-order valence-corrected chi connectivity index (χ0v) is 16.7. The normalized spacial score (nSPS) is 10.3. The first-order valence-electron chi connectivity index (χ1n) is 9.12. The van der Waals surface area contributed by atoms with Crippen LogP contribution in [0.2, 0.25) is 5.02 Å². The molecule has 5 nitrogen and oxygen atoms in total. The molecule has 29 heavy (non-hydrogen) atoms. The van der Waals surface area contributed by atoms with Crippen molar-refractivity contribution in [2.24, 2.45) is 0 Å². The van der Waals surface area contributed by atoms with Crippen LogP contribution in [0.1, 0.15) is 11.1 Å². The second-order valence-electron chi connectivity index (χ2n) is 6.53. The Morgan fingerprint density at radius 1 is 0.862 bits per heavy atom. The molecule has 0 atom stereocenters. The number of hydrogen-bond donors (Lipinski definition) is 2. The molecule has 6 heteroatoms. The third-order valence-corrected chi connectivity index (χ3v) is 4.39. The fraction of sp³-hybridized carbons (Fsp3) is 0.130. The van der Waals surface area contributed by atoms with Crippen molar-refractivity contribution in [1.29, 1.82) is 0 Å². The number of carbonyl (C=O) groups is 2. The number of amides is 2.